The van der Waals surface area contributed by atoms with E-state index in [1.54, 1.807) is 12.3 Å². The average Bonchev–Trinajstić information content (AvgIpc) is 2.53. The Hall–Kier alpha value is -0.690. The summed E-state index contributed by atoms with van der Waals surface area (Å²) in [6.45, 7) is 0. The van der Waals surface area contributed by atoms with E-state index < -0.39 is 11.6 Å². The Morgan fingerprint density at radius 3 is 2.89 bits per heavy atom. The van der Waals surface area contributed by atoms with Gasteiger partial charge in [-0.1, -0.05) is 34.7 Å². The van der Waals surface area contributed by atoms with Gasteiger partial charge in [0.05, 0.1) is 3.92 Å². The van der Waals surface area contributed by atoms with E-state index in [2.05, 4.69) is 27.6 Å². The molecule has 2 aromatic rings. The van der Waals surface area contributed by atoms with Gasteiger partial charge >= 0.3 is 0 Å². The number of alkyl halides is 1. The zero-order chi connectivity index (χ0) is 12.7. The fourth-order valence-electron chi connectivity index (χ4n) is 2.02. The highest BCUT2D eigenvalue weighted by atomic mass is 127. The predicted molar refractivity (Wildman–Crippen MR) is 76.0 cm³/mol. The summed E-state index contributed by atoms with van der Waals surface area (Å²) in [4.78, 5) is 4.31. The largest absolute Gasteiger partial charge is 0.250 e. The highest BCUT2D eigenvalue weighted by molar-refractivity contribution is 14.1. The van der Waals surface area contributed by atoms with Gasteiger partial charge in [-0.3, -0.25) is 0 Å². The lowest BCUT2D eigenvalue weighted by atomic mass is 10.0. The molecule has 0 aliphatic carbocycles. The standard InChI is InChI=1S/C13H8F2INS/c14-10-4-3-7-9(11(10)15)6-18-13-8(12(7)16)2-1-5-17-13/h1-5,12H,6H2. The highest BCUT2D eigenvalue weighted by Gasteiger charge is 2.25. The normalized spacial score (nSPS) is 17.8. The van der Waals surface area contributed by atoms with Gasteiger partial charge < -0.3 is 0 Å². The molecule has 0 N–H and O–H groups in total. The second-order valence-corrected chi connectivity index (χ2v) is 6.19. The maximum Gasteiger partial charge on any atom is 0.163 e. The van der Waals surface area contributed by atoms with E-state index in [1.165, 1.54) is 17.8 Å². The van der Waals surface area contributed by atoms with Crippen LogP contribution in [0.1, 0.15) is 20.6 Å². The Kier molecular flexibility index (Phi) is 3.27. The Labute approximate surface area is 121 Å². The van der Waals surface area contributed by atoms with Crippen LogP contribution in [-0.2, 0) is 5.75 Å². The van der Waals surface area contributed by atoms with Crippen molar-refractivity contribution in [2.24, 2.45) is 0 Å². The smallest absolute Gasteiger partial charge is 0.163 e. The van der Waals surface area contributed by atoms with Crippen molar-refractivity contribution in [3.05, 3.63) is 58.8 Å². The van der Waals surface area contributed by atoms with Crippen molar-refractivity contribution in [1.82, 2.24) is 4.98 Å². The maximum atomic E-state index is 13.8. The molecule has 1 aliphatic heterocycles. The van der Waals surface area contributed by atoms with Gasteiger partial charge in [0.25, 0.3) is 0 Å². The number of benzene rings is 1. The molecule has 92 valence electrons. The van der Waals surface area contributed by atoms with E-state index >= 15 is 0 Å². The van der Waals surface area contributed by atoms with E-state index in [4.69, 9.17) is 0 Å². The van der Waals surface area contributed by atoms with Gasteiger partial charge in [-0.15, -0.1) is 11.8 Å². The van der Waals surface area contributed by atoms with E-state index in [0.717, 1.165) is 16.2 Å². The molecule has 1 unspecified atom stereocenters. The SMILES string of the molecule is Fc1ccc2c(c1F)CSc1ncccc1C2I. The number of fused-ring (bicyclic) bond motifs is 2. The molecule has 1 aromatic heterocycles. The molecule has 0 fully saturated rings. The van der Waals surface area contributed by atoms with Crippen molar-refractivity contribution in [3.63, 3.8) is 0 Å². The first kappa shape index (κ1) is 12.3. The molecule has 0 amide bonds. The van der Waals surface area contributed by atoms with Crippen LogP contribution >= 0.6 is 34.4 Å². The van der Waals surface area contributed by atoms with Crippen molar-refractivity contribution in [1.29, 1.82) is 0 Å². The first-order chi connectivity index (χ1) is 8.68. The molecular formula is C13H8F2INS. The summed E-state index contributed by atoms with van der Waals surface area (Å²) < 4.78 is 27.1. The second kappa shape index (κ2) is 4.77. The molecule has 1 aromatic carbocycles. The van der Waals surface area contributed by atoms with Crippen LogP contribution in [0.15, 0.2) is 35.5 Å². The van der Waals surface area contributed by atoms with Gasteiger partial charge in [0.2, 0.25) is 0 Å². The monoisotopic (exact) mass is 375 g/mol. The predicted octanol–water partition coefficient (Wildman–Crippen LogP) is 4.49. The number of hydrogen-bond acceptors (Lipinski definition) is 2. The molecule has 0 saturated heterocycles. The van der Waals surface area contributed by atoms with Crippen LogP contribution in [0, 0.1) is 11.6 Å². The topological polar surface area (TPSA) is 12.9 Å². The Morgan fingerprint density at radius 2 is 2.06 bits per heavy atom. The van der Waals surface area contributed by atoms with Gasteiger partial charge in [0, 0.05) is 23.1 Å². The molecule has 1 aliphatic rings. The van der Waals surface area contributed by atoms with Crippen LogP contribution in [0.3, 0.4) is 0 Å². The van der Waals surface area contributed by atoms with Crippen molar-refractivity contribution < 1.29 is 8.78 Å². The summed E-state index contributed by atoms with van der Waals surface area (Å²) in [7, 11) is 0. The molecular weight excluding hydrogens is 367 g/mol. The lowest BCUT2D eigenvalue weighted by Crippen LogP contribution is -2.01. The lowest BCUT2D eigenvalue weighted by Gasteiger charge is -2.13. The second-order valence-electron chi connectivity index (χ2n) is 3.98. The minimum Gasteiger partial charge on any atom is -0.250 e. The van der Waals surface area contributed by atoms with Crippen molar-refractivity contribution in [2.45, 2.75) is 14.7 Å². The quantitative estimate of drug-likeness (QED) is 0.497. The third-order valence-corrected chi connectivity index (χ3v) is 5.32. The minimum atomic E-state index is -0.781. The van der Waals surface area contributed by atoms with E-state index in [1.807, 2.05) is 12.1 Å². The maximum absolute atomic E-state index is 13.8. The average molecular weight is 375 g/mol. The molecule has 5 heteroatoms. The summed E-state index contributed by atoms with van der Waals surface area (Å²) >= 11 is 3.71. The zero-order valence-corrected chi connectivity index (χ0v) is 12.1. The zero-order valence-electron chi connectivity index (χ0n) is 9.16. The highest BCUT2D eigenvalue weighted by Crippen LogP contribution is 2.43. The fourth-order valence-corrected chi connectivity index (χ4v) is 4.38. The van der Waals surface area contributed by atoms with E-state index in [9.17, 15) is 8.78 Å². The summed E-state index contributed by atoms with van der Waals surface area (Å²) in [5, 5.41) is 0.896. The number of pyridine rings is 1. The third-order valence-electron chi connectivity index (χ3n) is 2.93. The molecule has 2 heterocycles. The van der Waals surface area contributed by atoms with Crippen molar-refractivity contribution in [3.8, 4) is 0 Å². The van der Waals surface area contributed by atoms with Gasteiger partial charge in [-0.05, 0) is 17.7 Å². The minimum absolute atomic E-state index is 0.00593. The van der Waals surface area contributed by atoms with Crippen LogP contribution in [0.4, 0.5) is 8.78 Å². The van der Waals surface area contributed by atoms with Crippen LogP contribution in [0.2, 0.25) is 0 Å². The summed E-state index contributed by atoms with van der Waals surface area (Å²) in [5.41, 5.74) is 2.36. The molecule has 0 saturated carbocycles. The summed E-state index contributed by atoms with van der Waals surface area (Å²) in [5.74, 6) is -1.09. The summed E-state index contributed by atoms with van der Waals surface area (Å²) in [6, 6.07) is 6.73. The summed E-state index contributed by atoms with van der Waals surface area (Å²) in [6.07, 6.45) is 1.72. The first-order valence-corrected chi connectivity index (χ1v) is 7.60. The number of hydrogen-bond donors (Lipinski definition) is 0. The van der Waals surface area contributed by atoms with Crippen LogP contribution in [-0.4, -0.2) is 4.98 Å². The van der Waals surface area contributed by atoms with Crippen molar-refractivity contribution in [2.75, 3.05) is 0 Å². The van der Waals surface area contributed by atoms with Crippen molar-refractivity contribution >= 4 is 34.4 Å². The van der Waals surface area contributed by atoms with E-state index in [-0.39, 0.29) is 3.92 Å². The Balaban J connectivity index is 2.21. The lowest BCUT2D eigenvalue weighted by molar-refractivity contribution is 0.501. The van der Waals surface area contributed by atoms with Crippen LogP contribution < -0.4 is 0 Å². The molecule has 3 rings (SSSR count). The van der Waals surface area contributed by atoms with Crippen LogP contribution in [0.25, 0.3) is 0 Å². The molecule has 1 atom stereocenters. The number of halogens is 3. The van der Waals surface area contributed by atoms with Gasteiger partial charge in [0.1, 0.15) is 5.03 Å². The number of rotatable bonds is 0. The number of aromatic nitrogens is 1. The third kappa shape index (κ3) is 1.93. The first-order valence-electron chi connectivity index (χ1n) is 5.37. The Morgan fingerprint density at radius 1 is 1.22 bits per heavy atom. The fraction of sp³-hybridized carbons (Fsp3) is 0.154. The van der Waals surface area contributed by atoms with Crippen LogP contribution in [0.5, 0.6) is 0 Å². The molecule has 18 heavy (non-hydrogen) atoms. The van der Waals surface area contributed by atoms with E-state index in [0.29, 0.717) is 11.3 Å². The van der Waals surface area contributed by atoms with Gasteiger partial charge in [-0.25, -0.2) is 13.8 Å². The molecule has 0 radical (unpaired) electrons. The molecule has 0 bridgehead atoms. The van der Waals surface area contributed by atoms with Gasteiger partial charge in [-0.2, -0.15) is 0 Å². The molecule has 0 spiro atoms. The number of nitrogens with zero attached hydrogens (tertiary/aromatic N) is 1. The molecule has 1 nitrogen and oxygen atoms in total. The number of thioether (sulfide) groups is 1. The Bertz CT molecular complexity index is 618. The van der Waals surface area contributed by atoms with Gasteiger partial charge in [0.15, 0.2) is 11.6 Å².